The molecule has 0 saturated carbocycles. The molecule has 0 aliphatic heterocycles. The number of hydrogen-bond acceptors (Lipinski definition) is 1. The molecule has 0 saturated heterocycles. The first-order valence-electron chi connectivity index (χ1n) is 5.35. The average Bonchev–Trinajstić information content (AvgIpc) is 2.57. The molecule has 1 N–H and O–H groups in total. The zero-order chi connectivity index (χ0) is 11.0. The van der Waals surface area contributed by atoms with Crippen LogP contribution in [0.4, 0.5) is 0 Å². The number of fused-ring (bicyclic) bond motifs is 1. The molecule has 0 bridgehead atoms. The van der Waals surface area contributed by atoms with Gasteiger partial charge in [0.2, 0.25) is 0 Å². The van der Waals surface area contributed by atoms with Gasteiger partial charge in [-0.15, -0.1) is 0 Å². The molecule has 2 aromatic rings. The van der Waals surface area contributed by atoms with Crippen LogP contribution in [-0.4, -0.2) is 9.67 Å². The molecule has 0 unspecified atom stereocenters. The monoisotopic (exact) mass is 203 g/mol. The number of aromatic nitrogens is 1. The highest BCUT2D eigenvalue weighted by Crippen LogP contribution is 2.26. The van der Waals surface area contributed by atoms with Crippen molar-refractivity contribution in [1.82, 2.24) is 4.57 Å². The number of nitrogens with zero attached hydrogens (tertiary/aromatic N) is 1. The molecule has 0 aliphatic rings. The van der Waals surface area contributed by atoms with E-state index in [-0.39, 0.29) is 6.61 Å². The summed E-state index contributed by atoms with van der Waals surface area (Å²) in [6, 6.07) is 8.75. The Morgan fingerprint density at radius 1 is 1.33 bits per heavy atom. The van der Waals surface area contributed by atoms with Gasteiger partial charge in [0, 0.05) is 22.6 Å². The Kier molecular flexibility index (Phi) is 2.53. The fourth-order valence-electron chi connectivity index (χ4n) is 2.19. The van der Waals surface area contributed by atoms with Crippen molar-refractivity contribution in [3.8, 4) is 0 Å². The Morgan fingerprint density at radius 3 is 2.67 bits per heavy atom. The molecule has 0 aliphatic carbocycles. The van der Waals surface area contributed by atoms with Crippen LogP contribution >= 0.6 is 0 Å². The summed E-state index contributed by atoms with van der Waals surface area (Å²) in [4.78, 5) is 0. The van der Waals surface area contributed by atoms with Crippen LogP contribution in [-0.2, 0) is 6.61 Å². The lowest BCUT2D eigenvalue weighted by atomic mass is 10.1. The van der Waals surface area contributed by atoms with Gasteiger partial charge in [0.1, 0.15) is 0 Å². The van der Waals surface area contributed by atoms with Crippen LogP contribution in [0.25, 0.3) is 10.9 Å². The van der Waals surface area contributed by atoms with Crippen molar-refractivity contribution >= 4 is 10.9 Å². The summed E-state index contributed by atoms with van der Waals surface area (Å²) in [6.07, 6.45) is 0. The number of hydrogen-bond donors (Lipinski definition) is 1. The lowest BCUT2D eigenvalue weighted by molar-refractivity contribution is 0.269. The van der Waals surface area contributed by atoms with E-state index in [0.717, 1.165) is 5.69 Å². The summed E-state index contributed by atoms with van der Waals surface area (Å²) in [5.41, 5.74) is 3.48. The van der Waals surface area contributed by atoms with E-state index in [4.69, 9.17) is 0 Å². The summed E-state index contributed by atoms with van der Waals surface area (Å²) < 4.78 is 2.20. The Morgan fingerprint density at radius 2 is 2.07 bits per heavy atom. The molecule has 2 nitrogen and oxygen atoms in total. The number of benzene rings is 1. The van der Waals surface area contributed by atoms with E-state index in [2.05, 4.69) is 49.6 Å². The summed E-state index contributed by atoms with van der Waals surface area (Å²) in [5.74, 6) is 0. The van der Waals surface area contributed by atoms with Crippen LogP contribution in [0.1, 0.15) is 31.1 Å². The van der Waals surface area contributed by atoms with E-state index in [1.807, 2.05) is 0 Å². The van der Waals surface area contributed by atoms with E-state index in [0.29, 0.717) is 6.04 Å². The second-order valence-electron chi connectivity index (χ2n) is 4.27. The van der Waals surface area contributed by atoms with Gasteiger partial charge in [-0.3, -0.25) is 0 Å². The molecule has 0 radical (unpaired) electrons. The molecule has 15 heavy (non-hydrogen) atoms. The van der Waals surface area contributed by atoms with Crippen molar-refractivity contribution in [1.29, 1.82) is 0 Å². The van der Waals surface area contributed by atoms with Crippen LogP contribution in [0.5, 0.6) is 0 Å². The largest absolute Gasteiger partial charge is 0.390 e. The Balaban J connectivity index is 2.80. The van der Waals surface area contributed by atoms with Crippen molar-refractivity contribution < 1.29 is 5.11 Å². The second-order valence-corrected chi connectivity index (χ2v) is 4.27. The maximum Gasteiger partial charge on any atom is 0.0833 e. The lowest BCUT2D eigenvalue weighted by Crippen LogP contribution is -2.04. The highest BCUT2D eigenvalue weighted by atomic mass is 16.3. The minimum Gasteiger partial charge on any atom is -0.390 e. The summed E-state index contributed by atoms with van der Waals surface area (Å²) in [5, 5.41) is 10.6. The molecule has 1 heterocycles. The van der Waals surface area contributed by atoms with Crippen LogP contribution in [0.2, 0.25) is 0 Å². The minimum atomic E-state index is 0.103. The second kappa shape index (κ2) is 3.70. The van der Waals surface area contributed by atoms with Gasteiger partial charge in [-0.25, -0.2) is 0 Å². The SMILES string of the molecule is Cc1cccc2c1cc(CO)n2C(C)C. The first-order valence-corrected chi connectivity index (χ1v) is 5.35. The molecular weight excluding hydrogens is 186 g/mol. The van der Waals surface area contributed by atoms with E-state index < -0.39 is 0 Å². The van der Waals surface area contributed by atoms with Crippen molar-refractivity contribution in [2.75, 3.05) is 0 Å². The number of rotatable bonds is 2. The molecule has 1 aromatic carbocycles. The first kappa shape index (κ1) is 10.2. The highest BCUT2D eigenvalue weighted by molar-refractivity contribution is 5.84. The fourth-order valence-corrected chi connectivity index (χ4v) is 2.19. The number of aliphatic hydroxyl groups excluding tert-OH is 1. The molecular formula is C13H17NO. The average molecular weight is 203 g/mol. The first-order chi connectivity index (χ1) is 7.15. The standard InChI is InChI=1S/C13H17NO/c1-9(2)14-11(8-15)7-12-10(3)5-4-6-13(12)14/h4-7,9,15H,8H2,1-3H3. The van der Waals surface area contributed by atoms with Gasteiger partial charge < -0.3 is 9.67 Å². The molecule has 80 valence electrons. The van der Waals surface area contributed by atoms with Gasteiger partial charge >= 0.3 is 0 Å². The molecule has 0 spiro atoms. The summed E-state index contributed by atoms with van der Waals surface area (Å²) >= 11 is 0. The highest BCUT2D eigenvalue weighted by Gasteiger charge is 2.11. The Labute approximate surface area is 90.2 Å². The van der Waals surface area contributed by atoms with Crippen LogP contribution in [0.15, 0.2) is 24.3 Å². The topological polar surface area (TPSA) is 25.2 Å². The minimum absolute atomic E-state index is 0.103. The van der Waals surface area contributed by atoms with E-state index >= 15 is 0 Å². The molecule has 0 atom stereocenters. The van der Waals surface area contributed by atoms with Gasteiger partial charge in [-0.2, -0.15) is 0 Å². The van der Waals surface area contributed by atoms with Gasteiger partial charge in [0.15, 0.2) is 0 Å². The molecule has 2 rings (SSSR count). The van der Waals surface area contributed by atoms with Crippen molar-refractivity contribution in [3.05, 3.63) is 35.5 Å². The third-order valence-corrected chi connectivity index (χ3v) is 2.86. The fraction of sp³-hybridized carbons (Fsp3) is 0.385. The summed E-state index contributed by atoms with van der Waals surface area (Å²) in [7, 11) is 0. The van der Waals surface area contributed by atoms with Crippen molar-refractivity contribution in [2.45, 2.75) is 33.4 Å². The smallest absolute Gasteiger partial charge is 0.0833 e. The lowest BCUT2D eigenvalue weighted by Gasteiger charge is -2.13. The Hall–Kier alpha value is -1.28. The molecule has 1 aromatic heterocycles. The maximum atomic E-state index is 9.34. The predicted octanol–water partition coefficient (Wildman–Crippen LogP) is 3.02. The van der Waals surface area contributed by atoms with Gasteiger partial charge in [-0.05, 0) is 38.5 Å². The number of aryl methyl sites for hydroxylation is 1. The van der Waals surface area contributed by atoms with E-state index in [1.165, 1.54) is 16.5 Å². The molecule has 0 amide bonds. The third kappa shape index (κ3) is 1.55. The van der Waals surface area contributed by atoms with Crippen LogP contribution < -0.4 is 0 Å². The zero-order valence-electron chi connectivity index (χ0n) is 9.49. The van der Waals surface area contributed by atoms with Crippen LogP contribution in [0, 0.1) is 6.92 Å². The van der Waals surface area contributed by atoms with Crippen molar-refractivity contribution in [2.24, 2.45) is 0 Å². The van der Waals surface area contributed by atoms with Crippen LogP contribution in [0.3, 0.4) is 0 Å². The van der Waals surface area contributed by atoms with E-state index in [9.17, 15) is 5.11 Å². The Bertz CT molecular complexity index is 482. The van der Waals surface area contributed by atoms with Gasteiger partial charge in [0.05, 0.1) is 6.61 Å². The zero-order valence-corrected chi connectivity index (χ0v) is 9.49. The van der Waals surface area contributed by atoms with Gasteiger partial charge in [-0.1, -0.05) is 12.1 Å². The molecule has 2 heteroatoms. The third-order valence-electron chi connectivity index (χ3n) is 2.86. The van der Waals surface area contributed by atoms with Crippen molar-refractivity contribution in [3.63, 3.8) is 0 Å². The molecule has 0 fully saturated rings. The summed E-state index contributed by atoms with van der Waals surface area (Å²) in [6.45, 7) is 6.49. The quantitative estimate of drug-likeness (QED) is 0.797. The van der Waals surface area contributed by atoms with E-state index in [1.54, 1.807) is 0 Å². The predicted molar refractivity (Wildman–Crippen MR) is 63.0 cm³/mol. The van der Waals surface area contributed by atoms with Gasteiger partial charge in [0.25, 0.3) is 0 Å². The number of aliphatic hydroxyl groups is 1. The normalized spacial score (nSPS) is 11.5. The maximum absolute atomic E-state index is 9.34.